The number of aryl methyl sites for hydroxylation is 3. The minimum absolute atomic E-state index is 0.841. The van der Waals surface area contributed by atoms with Gasteiger partial charge in [0, 0.05) is 11.3 Å². The van der Waals surface area contributed by atoms with Crippen LogP contribution in [0.1, 0.15) is 148 Å². The molecule has 0 spiro atoms. The van der Waals surface area contributed by atoms with Crippen molar-refractivity contribution in [2.45, 2.75) is 147 Å². The lowest BCUT2D eigenvalue weighted by molar-refractivity contribution is 0.219. The Hall–Kier alpha value is -2.68. The third kappa shape index (κ3) is 16.7. The number of aliphatic imine (C=N–C) groups is 1. The minimum Gasteiger partial charge on any atom is -0.516 e. The highest BCUT2D eigenvalue weighted by atomic mass is 19.1. The van der Waals surface area contributed by atoms with Crippen molar-refractivity contribution in [2.75, 3.05) is 0 Å². The molecule has 238 valence electrons. The smallest absolute Gasteiger partial charge is 0.130 e. The zero-order valence-corrected chi connectivity index (χ0v) is 29.4. The molecule has 0 aliphatic heterocycles. The lowest BCUT2D eigenvalue weighted by atomic mass is 9.87. The van der Waals surface area contributed by atoms with E-state index < -0.39 is 5.67 Å². The molecule has 0 amide bonds. The van der Waals surface area contributed by atoms with Gasteiger partial charge in [-0.15, -0.1) is 0 Å². The second-order valence-electron chi connectivity index (χ2n) is 11.2. The lowest BCUT2D eigenvalue weighted by Crippen LogP contribution is -2.14. The van der Waals surface area contributed by atoms with Gasteiger partial charge < -0.3 is 5.11 Å². The summed E-state index contributed by atoms with van der Waals surface area (Å²) >= 11 is 0. The van der Waals surface area contributed by atoms with Crippen molar-refractivity contribution in [1.82, 2.24) is 0 Å². The summed E-state index contributed by atoms with van der Waals surface area (Å²) in [5.41, 5.74) is 8.84. The first-order chi connectivity index (χ1) is 19.9. The van der Waals surface area contributed by atoms with Gasteiger partial charge in [0.2, 0.25) is 0 Å². The zero-order valence-electron chi connectivity index (χ0n) is 29.4. The van der Waals surface area contributed by atoms with E-state index >= 15 is 0 Å². The molecule has 2 nitrogen and oxygen atoms in total. The maximum atomic E-state index is 14.7. The predicted molar refractivity (Wildman–Crippen MR) is 190 cm³/mol. The van der Waals surface area contributed by atoms with Gasteiger partial charge in [0.05, 0.1) is 11.9 Å². The summed E-state index contributed by atoms with van der Waals surface area (Å²) in [4.78, 5) is 4.91. The molecule has 2 rings (SSSR count). The molecule has 0 aliphatic rings. The van der Waals surface area contributed by atoms with Crippen LogP contribution in [0.25, 0.3) is 5.57 Å². The number of halogens is 1. The predicted octanol–water partition coefficient (Wildman–Crippen LogP) is 13.3. The summed E-state index contributed by atoms with van der Waals surface area (Å²) in [5, 5.41) is 8.02. The number of benzene rings is 2. The van der Waals surface area contributed by atoms with E-state index in [1.807, 2.05) is 32.9 Å². The van der Waals surface area contributed by atoms with Gasteiger partial charge in [-0.25, -0.2) is 4.39 Å². The standard InChI is InChI=1S/C28H38FN.C5H10O.C4H10.C2H6/c1-9-23-14-12-16-26(28(7,8)29)24(23)15-11-10-13-22(6)30-27-18-21(5)20(4)17-25(27)19(2)3;1-2-3-4-5-6;1-3-4-2;1-2/h12,14,16-18H,2,9-11,13,15H2,1,3-8H3;4-6H,2-3H2,1H3;3-4H2,1-2H3;1-2H3/b;5-4-;;. The quantitative estimate of drug-likeness (QED) is 0.151. The van der Waals surface area contributed by atoms with Crippen LogP contribution < -0.4 is 0 Å². The lowest BCUT2D eigenvalue weighted by Gasteiger charge is -2.21. The highest BCUT2D eigenvalue weighted by Gasteiger charge is 2.23. The molecular weight excluding hydrogens is 517 g/mol. The van der Waals surface area contributed by atoms with Crippen LogP contribution in [-0.4, -0.2) is 10.8 Å². The number of nitrogens with zero attached hydrogens (tertiary/aromatic N) is 1. The molecule has 1 N–H and O–H groups in total. The summed E-state index contributed by atoms with van der Waals surface area (Å²) in [7, 11) is 0. The van der Waals surface area contributed by atoms with Crippen molar-refractivity contribution in [2.24, 2.45) is 4.99 Å². The summed E-state index contributed by atoms with van der Waals surface area (Å²) in [6, 6.07) is 10.4. The molecule has 0 bridgehead atoms. The first-order valence-corrected chi connectivity index (χ1v) is 16.3. The molecule has 2 aromatic rings. The van der Waals surface area contributed by atoms with Gasteiger partial charge in [-0.1, -0.05) is 91.7 Å². The summed E-state index contributed by atoms with van der Waals surface area (Å²) in [5.74, 6) is 0. The molecule has 2 aromatic carbocycles. The third-order valence-corrected chi connectivity index (χ3v) is 6.95. The van der Waals surface area contributed by atoms with Gasteiger partial charge in [0.15, 0.2) is 0 Å². The van der Waals surface area contributed by atoms with Crippen LogP contribution in [0.15, 0.2) is 54.2 Å². The number of rotatable bonds is 12. The Labute approximate surface area is 260 Å². The van der Waals surface area contributed by atoms with Crippen LogP contribution in [0.2, 0.25) is 0 Å². The van der Waals surface area contributed by atoms with Crippen LogP contribution in [0.4, 0.5) is 10.1 Å². The van der Waals surface area contributed by atoms with E-state index in [-0.39, 0.29) is 0 Å². The molecule has 0 aromatic heterocycles. The number of hydrogen-bond donors (Lipinski definition) is 1. The number of unbranched alkanes of at least 4 members (excludes halogenated alkanes) is 3. The second kappa shape index (κ2) is 23.8. The molecule has 42 heavy (non-hydrogen) atoms. The fraction of sp³-hybridized carbons (Fsp3) is 0.564. The Morgan fingerprint density at radius 3 is 2.00 bits per heavy atom. The Morgan fingerprint density at radius 2 is 1.55 bits per heavy atom. The third-order valence-electron chi connectivity index (χ3n) is 6.95. The van der Waals surface area contributed by atoms with Crippen LogP contribution in [0, 0.1) is 13.8 Å². The van der Waals surface area contributed by atoms with Gasteiger partial charge in [-0.3, -0.25) is 4.99 Å². The van der Waals surface area contributed by atoms with Crippen molar-refractivity contribution in [3.05, 3.63) is 82.6 Å². The van der Waals surface area contributed by atoms with Crippen molar-refractivity contribution in [3.8, 4) is 0 Å². The largest absolute Gasteiger partial charge is 0.516 e. The fourth-order valence-electron chi connectivity index (χ4n) is 4.24. The van der Waals surface area contributed by atoms with E-state index in [2.05, 4.69) is 73.2 Å². The number of aliphatic hydroxyl groups is 1. The number of allylic oxidation sites excluding steroid dienone is 2. The van der Waals surface area contributed by atoms with E-state index in [0.29, 0.717) is 0 Å². The van der Waals surface area contributed by atoms with E-state index in [1.165, 1.54) is 35.1 Å². The summed E-state index contributed by atoms with van der Waals surface area (Å²) < 4.78 is 14.7. The van der Waals surface area contributed by atoms with Crippen LogP contribution in [0.3, 0.4) is 0 Å². The van der Waals surface area contributed by atoms with Gasteiger partial charge in [0.1, 0.15) is 5.67 Å². The molecular formula is C39H64FNO. The minimum atomic E-state index is -1.31. The topological polar surface area (TPSA) is 32.6 Å². The number of alkyl halides is 1. The Bertz CT molecular complexity index is 1070. The first-order valence-electron chi connectivity index (χ1n) is 16.3. The van der Waals surface area contributed by atoms with Crippen LogP contribution in [0.5, 0.6) is 0 Å². The normalized spacial score (nSPS) is 11.1. The molecule has 0 radical (unpaired) electrons. The monoisotopic (exact) mass is 581 g/mol. The maximum absolute atomic E-state index is 14.7. The van der Waals surface area contributed by atoms with Crippen molar-refractivity contribution in [3.63, 3.8) is 0 Å². The van der Waals surface area contributed by atoms with Crippen LogP contribution in [-0.2, 0) is 18.5 Å². The van der Waals surface area contributed by atoms with Crippen molar-refractivity contribution >= 4 is 17.0 Å². The highest BCUT2D eigenvalue weighted by molar-refractivity contribution is 5.87. The summed E-state index contributed by atoms with van der Waals surface area (Å²) in [6.07, 6.45) is 12.4. The SMILES string of the molecule is C=C(C)c1cc(C)c(C)cc1N=C(C)CCCCc1c(CC)cccc1C(C)(C)F.CC.CCC/C=C\O.CCCC. The van der Waals surface area contributed by atoms with Crippen molar-refractivity contribution in [1.29, 1.82) is 0 Å². The molecule has 0 saturated carbocycles. The van der Waals surface area contributed by atoms with Crippen molar-refractivity contribution < 1.29 is 9.50 Å². The molecule has 0 saturated heterocycles. The van der Waals surface area contributed by atoms with E-state index in [9.17, 15) is 4.39 Å². The molecule has 3 heteroatoms. The van der Waals surface area contributed by atoms with Gasteiger partial charge >= 0.3 is 0 Å². The van der Waals surface area contributed by atoms with Gasteiger partial charge in [-0.2, -0.15) is 0 Å². The molecule has 0 aliphatic carbocycles. The Morgan fingerprint density at radius 1 is 0.952 bits per heavy atom. The maximum Gasteiger partial charge on any atom is 0.130 e. The molecule has 0 heterocycles. The number of aliphatic hydroxyl groups excluding tert-OH is 1. The Balaban J connectivity index is 0. The average Bonchev–Trinajstić information content (AvgIpc) is 2.96. The summed E-state index contributed by atoms with van der Waals surface area (Å²) in [6.45, 7) is 28.4. The van der Waals surface area contributed by atoms with E-state index in [0.717, 1.165) is 79.3 Å². The zero-order chi connectivity index (χ0) is 32.7. The highest BCUT2D eigenvalue weighted by Crippen LogP contribution is 2.32. The molecule has 0 fully saturated rings. The van der Waals surface area contributed by atoms with Gasteiger partial charge in [-0.05, 0) is 126 Å². The average molecular weight is 582 g/mol. The van der Waals surface area contributed by atoms with Crippen LogP contribution >= 0.6 is 0 Å². The molecule has 0 atom stereocenters. The molecule has 0 unspecified atom stereocenters. The van der Waals surface area contributed by atoms with E-state index in [1.54, 1.807) is 19.9 Å². The number of hydrogen-bond acceptors (Lipinski definition) is 2. The fourth-order valence-corrected chi connectivity index (χ4v) is 4.24. The first kappa shape index (κ1) is 41.5. The Kier molecular flexibility index (Phi) is 23.5. The van der Waals surface area contributed by atoms with Gasteiger partial charge in [0.25, 0.3) is 0 Å². The van der Waals surface area contributed by atoms with E-state index in [4.69, 9.17) is 10.1 Å². The second-order valence-corrected chi connectivity index (χ2v) is 11.2.